The summed E-state index contributed by atoms with van der Waals surface area (Å²) in [4.78, 5) is 0. The molecule has 0 amide bonds. The first-order valence-corrected chi connectivity index (χ1v) is 5.17. The second kappa shape index (κ2) is 4.48. The monoisotopic (exact) mass is 201 g/mol. The van der Waals surface area contributed by atoms with Crippen LogP contribution in [0.4, 0.5) is 0 Å². The second-order valence-corrected chi connectivity index (χ2v) is 4.01. The Bertz CT molecular complexity index is 371. The van der Waals surface area contributed by atoms with Crippen LogP contribution in [0.1, 0.15) is 12.5 Å². The summed E-state index contributed by atoms with van der Waals surface area (Å²) in [5, 5.41) is 3.19. The molecule has 1 aromatic rings. The van der Waals surface area contributed by atoms with Gasteiger partial charge >= 0.3 is 0 Å². The van der Waals surface area contributed by atoms with Gasteiger partial charge in [-0.1, -0.05) is 30.0 Å². The predicted molar refractivity (Wildman–Crippen MR) is 60.5 cm³/mol. The van der Waals surface area contributed by atoms with Crippen LogP contribution in [0.15, 0.2) is 30.3 Å². The van der Waals surface area contributed by atoms with Crippen molar-refractivity contribution >= 4 is 0 Å². The fourth-order valence-corrected chi connectivity index (χ4v) is 1.45. The SMILES string of the molecule is CC1(OCC#Cc2ccccc2)CNC1. The van der Waals surface area contributed by atoms with Gasteiger partial charge in [0.2, 0.25) is 0 Å². The van der Waals surface area contributed by atoms with Crippen LogP contribution in [0.3, 0.4) is 0 Å². The van der Waals surface area contributed by atoms with Gasteiger partial charge < -0.3 is 10.1 Å². The van der Waals surface area contributed by atoms with E-state index in [9.17, 15) is 0 Å². The molecule has 0 bridgehead atoms. The zero-order valence-corrected chi connectivity index (χ0v) is 8.92. The maximum Gasteiger partial charge on any atom is 0.108 e. The van der Waals surface area contributed by atoms with Crippen molar-refractivity contribution in [1.29, 1.82) is 0 Å². The lowest BCUT2D eigenvalue weighted by atomic mass is 10.0. The van der Waals surface area contributed by atoms with Crippen molar-refractivity contribution in [3.8, 4) is 11.8 Å². The average Bonchev–Trinajstić information content (AvgIpc) is 2.23. The van der Waals surface area contributed by atoms with Crippen LogP contribution in [0, 0.1) is 11.8 Å². The Kier molecular flexibility index (Phi) is 3.05. The van der Waals surface area contributed by atoms with Crippen molar-refractivity contribution < 1.29 is 4.74 Å². The Morgan fingerprint density at radius 2 is 2.07 bits per heavy atom. The average molecular weight is 201 g/mol. The van der Waals surface area contributed by atoms with E-state index in [1.165, 1.54) is 0 Å². The third-order valence-corrected chi connectivity index (χ3v) is 2.50. The highest BCUT2D eigenvalue weighted by Crippen LogP contribution is 2.14. The summed E-state index contributed by atoms with van der Waals surface area (Å²) in [5.74, 6) is 6.10. The Balaban J connectivity index is 1.81. The predicted octanol–water partition coefficient (Wildman–Crippen LogP) is 1.42. The number of benzene rings is 1. The zero-order valence-electron chi connectivity index (χ0n) is 8.92. The molecule has 1 aliphatic heterocycles. The van der Waals surface area contributed by atoms with Gasteiger partial charge in [-0.15, -0.1) is 0 Å². The minimum absolute atomic E-state index is 0.00533. The molecule has 2 heteroatoms. The number of nitrogens with one attached hydrogen (secondary N) is 1. The van der Waals surface area contributed by atoms with Gasteiger partial charge in [-0.3, -0.25) is 0 Å². The molecule has 1 saturated heterocycles. The van der Waals surface area contributed by atoms with E-state index in [-0.39, 0.29) is 5.60 Å². The van der Waals surface area contributed by atoms with Gasteiger partial charge in [-0.25, -0.2) is 0 Å². The van der Waals surface area contributed by atoms with Gasteiger partial charge in [0.1, 0.15) is 6.61 Å². The van der Waals surface area contributed by atoms with Crippen LogP contribution < -0.4 is 5.32 Å². The van der Waals surface area contributed by atoms with E-state index in [4.69, 9.17) is 4.74 Å². The van der Waals surface area contributed by atoms with Gasteiger partial charge in [0, 0.05) is 18.7 Å². The molecule has 78 valence electrons. The zero-order chi connectivity index (χ0) is 10.6. The van der Waals surface area contributed by atoms with Crippen LogP contribution in [0.2, 0.25) is 0 Å². The Morgan fingerprint density at radius 1 is 1.33 bits per heavy atom. The molecule has 15 heavy (non-hydrogen) atoms. The van der Waals surface area contributed by atoms with E-state index < -0.39 is 0 Å². The summed E-state index contributed by atoms with van der Waals surface area (Å²) in [6.07, 6.45) is 0. The molecule has 0 saturated carbocycles. The van der Waals surface area contributed by atoms with E-state index in [1.54, 1.807) is 0 Å². The van der Waals surface area contributed by atoms with Gasteiger partial charge in [0.25, 0.3) is 0 Å². The molecule has 1 heterocycles. The summed E-state index contributed by atoms with van der Waals surface area (Å²) in [7, 11) is 0. The van der Waals surface area contributed by atoms with E-state index in [0.717, 1.165) is 18.7 Å². The van der Waals surface area contributed by atoms with Crippen molar-refractivity contribution in [1.82, 2.24) is 5.32 Å². The molecule has 0 spiro atoms. The van der Waals surface area contributed by atoms with Gasteiger partial charge in [-0.2, -0.15) is 0 Å². The largest absolute Gasteiger partial charge is 0.360 e. The van der Waals surface area contributed by atoms with Gasteiger partial charge in [0.15, 0.2) is 0 Å². The van der Waals surface area contributed by atoms with E-state index in [1.807, 2.05) is 30.3 Å². The van der Waals surface area contributed by atoms with Crippen LogP contribution in [0.5, 0.6) is 0 Å². The number of ether oxygens (including phenoxy) is 1. The Morgan fingerprint density at radius 3 is 2.67 bits per heavy atom. The van der Waals surface area contributed by atoms with Crippen LogP contribution >= 0.6 is 0 Å². The third-order valence-electron chi connectivity index (χ3n) is 2.50. The molecule has 1 aromatic carbocycles. The lowest BCUT2D eigenvalue weighted by molar-refractivity contribution is -0.0512. The fourth-order valence-electron chi connectivity index (χ4n) is 1.45. The maximum absolute atomic E-state index is 5.65. The normalized spacial score (nSPS) is 17.4. The topological polar surface area (TPSA) is 21.3 Å². The molecular formula is C13H15NO. The molecule has 0 radical (unpaired) electrons. The summed E-state index contributed by atoms with van der Waals surface area (Å²) < 4.78 is 5.65. The first kappa shape index (κ1) is 10.2. The van der Waals surface area contributed by atoms with Gasteiger partial charge in [0.05, 0.1) is 5.60 Å². The van der Waals surface area contributed by atoms with E-state index in [0.29, 0.717) is 6.61 Å². The van der Waals surface area contributed by atoms with Crippen LogP contribution in [-0.2, 0) is 4.74 Å². The van der Waals surface area contributed by atoms with Gasteiger partial charge in [-0.05, 0) is 19.1 Å². The second-order valence-electron chi connectivity index (χ2n) is 4.01. The summed E-state index contributed by atoms with van der Waals surface area (Å²) in [6, 6.07) is 9.96. The molecule has 1 aliphatic rings. The lowest BCUT2D eigenvalue weighted by Gasteiger charge is -2.38. The Hall–Kier alpha value is -1.30. The number of rotatable bonds is 2. The van der Waals surface area contributed by atoms with E-state index in [2.05, 4.69) is 24.1 Å². The molecule has 0 atom stereocenters. The Labute approximate surface area is 90.6 Å². The molecule has 0 unspecified atom stereocenters. The van der Waals surface area contributed by atoms with Crippen molar-refractivity contribution in [2.45, 2.75) is 12.5 Å². The standard InChI is InChI=1S/C13H15NO/c1-13(10-14-11-13)15-9-5-8-12-6-3-2-4-7-12/h2-4,6-7,14H,9-11H2,1H3. The highest BCUT2D eigenvalue weighted by Gasteiger charge is 2.31. The first-order valence-electron chi connectivity index (χ1n) is 5.17. The third kappa shape index (κ3) is 2.82. The van der Waals surface area contributed by atoms with Crippen LogP contribution in [-0.4, -0.2) is 25.3 Å². The first-order chi connectivity index (χ1) is 7.29. The molecule has 1 N–H and O–H groups in total. The summed E-state index contributed by atoms with van der Waals surface area (Å²) in [6.45, 7) is 4.47. The summed E-state index contributed by atoms with van der Waals surface area (Å²) in [5.41, 5.74) is 1.05. The number of hydrogen-bond donors (Lipinski definition) is 1. The number of hydrogen-bond acceptors (Lipinski definition) is 2. The highest BCUT2D eigenvalue weighted by atomic mass is 16.5. The van der Waals surface area contributed by atoms with Crippen molar-refractivity contribution in [3.05, 3.63) is 35.9 Å². The minimum Gasteiger partial charge on any atom is -0.360 e. The molecule has 1 fully saturated rings. The maximum atomic E-state index is 5.65. The quantitative estimate of drug-likeness (QED) is 0.731. The van der Waals surface area contributed by atoms with Crippen LogP contribution in [0.25, 0.3) is 0 Å². The lowest BCUT2D eigenvalue weighted by Crippen LogP contribution is -2.59. The highest BCUT2D eigenvalue weighted by molar-refractivity contribution is 5.33. The van der Waals surface area contributed by atoms with Crippen molar-refractivity contribution in [2.75, 3.05) is 19.7 Å². The molecular weight excluding hydrogens is 186 g/mol. The smallest absolute Gasteiger partial charge is 0.108 e. The molecule has 2 rings (SSSR count). The summed E-state index contributed by atoms with van der Waals surface area (Å²) >= 11 is 0. The van der Waals surface area contributed by atoms with E-state index >= 15 is 0 Å². The molecule has 0 aromatic heterocycles. The fraction of sp³-hybridized carbons (Fsp3) is 0.385. The molecule has 0 aliphatic carbocycles. The molecule has 2 nitrogen and oxygen atoms in total. The van der Waals surface area contributed by atoms with Crippen molar-refractivity contribution in [2.24, 2.45) is 0 Å². The van der Waals surface area contributed by atoms with Crippen molar-refractivity contribution in [3.63, 3.8) is 0 Å². The minimum atomic E-state index is 0.00533.